The van der Waals surface area contributed by atoms with Gasteiger partial charge in [-0.2, -0.15) is 0 Å². The van der Waals surface area contributed by atoms with Crippen LogP contribution in [0, 0.1) is 16.7 Å². The second-order valence-corrected chi connectivity index (χ2v) is 9.04. The highest BCUT2D eigenvalue weighted by Gasteiger charge is 2.63. The van der Waals surface area contributed by atoms with Crippen molar-refractivity contribution in [3.05, 3.63) is 0 Å². The molecular formula is C17H28N2O2. The minimum Gasteiger partial charge on any atom is -0.376 e. The fourth-order valence-electron chi connectivity index (χ4n) is 5.76. The number of nitrogens with zero attached hydrogens (tertiary/aromatic N) is 2. The molecule has 0 aromatic carbocycles. The van der Waals surface area contributed by atoms with Gasteiger partial charge in [0, 0.05) is 32.8 Å². The predicted octanol–water partition coefficient (Wildman–Crippen LogP) is 1.74. The van der Waals surface area contributed by atoms with E-state index in [4.69, 9.17) is 4.74 Å². The number of carbonyl (C=O) groups excluding carboxylic acids is 1. The molecule has 0 amide bonds. The zero-order chi connectivity index (χ0) is 15.0. The minimum atomic E-state index is -0.136. The van der Waals surface area contributed by atoms with Gasteiger partial charge in [-0.1, -0.05) is 13.8 Å². The summed E-state index contributed by atoms with van der Waals surface area (Å²) in [6, 6.07) is 0. The van der Waals surface area contributed by atoms with Crippen LogP contribution in [0.1, 0.15) is 40.5 Å². The molecule has 5 heterocycles. The quantitative estimate of drug-likeness (QED) is 0.737. The number of rotatable bonds is 1. The first-order valence-electron chi connectivity index (χ1n) is 8.40. The van der Waals surface area contributed by atoms with Gasteiger partial charge in [0.15, 0.2) is 0 Å². The van der Waals surface area contributed by atoms with Crippen LogP contribution in [0.5, 0.6) is 0 Å². The van der Waals surface area contributed by atoms with Gasteiger partial charge in [-0.05, 0) is 32.6 Å². The molecule has 0 aromatic rings. The Morgan fingerprint density at radius 3 is 2.00 bits per heavy atom. The maximum absolute atomic E-state index is 12.7. The van der Waals surface area contributed by atoms with Gasteiger partial charge < -0.3 is 4.74 Å². The summed E-state index contributed by atoms with van der Waals surface area (Å²) in [6.45, 7) is 13.5. The first-order valence-corrected chi connectivity index (χ1v) is 8.40. The van der Waals surface area contributed by atoms with Crippen molar-refractivity contribution in [3.63, 3.8) is 0 Å². The lowest BCUT2D eigenvalue weighted by Crippen LogP contribution is -2.79. The molecule has 0 N–H and O–H groups in total. The second-order valence-electron chi connectivity index (χ2n) is 9.04. The Labute approximate surface area is 127 Å². The number of piperidine rings is 2. The van der Waals surface area contributed by atoms with Crippen molar-refractivity contribution in [1.82, 2.24) is 9.80 Å². The molecule has 0 aromatic heterocycles. The summed E-state index contributed by atoms with van der Waals surface area (Å²) in [5, 5.41) is 0. The van der Waals surface area contributed by atoms with Crippen LogP contribution in [-0.2, 0) is 9.53 Å². The Kier molecular flexibility index (Phi) is 2.76. The van der Waals surface area contributed by atoms with E-state index in [0.717, 1.165) is 45.6 Å². The second kappa shape index (κ2) is 4.09. The molecule has 0 unspecified atom stereocenters. The van der Waals surface area contributed by atoms with Gasteiger partial charge in [-0.25, -0.2) is 0 Å². The first-order chi connectivity index (χ1) is 9.73. The highest BCUT2D eigenvalue weighted by molar-refractivity contribution is 5.92. The molecule has 4 bridgehead atoms. The van der Waals surface area contributed by atoms with E-state index in [2.05, 4.69) is 37.5 Å². The number of ether oxygens (including phenoxy) is 1. The highest BCUT2D eigenvalue weighted by Crippen LogP contribution is 2.50. The van der Waals surface area contributed by atoms with Gasteiger partial charge in [-0.15, -0.1) is 0 Å². The Hall–Kier alpha value is -0.450. The van der Waals surface area contributed by atoms with Gasteiger partial charge in [0.1, 0.15) is 5.78 Å². The van der Waals surface area contributed by atoms with Crippen LogP contribution in [0.25, 0.3) is 0 Å². The van der Waals surface area contributed by atoms with Crippen molar-refractivity contribution in [3.8, 4) is 0 Å². The third kappa shape index (κ3) is 1.95. The third-order valence-electron chi connectivity index (χ3n) is 6.21. The summed E-state index contributed by atoms with van der Waals surface area (Å²) in [7, 11) is 0. The van der Waals surface area contributed by atoms with Crippen molar-refractivity contribution in [2.24, 2.45) is 16.7 Å². The maximum atomic E-state index is 12.7. The minimum absolute atomic E-state index is 0.00342. The van der Waals surface area contributed by atoms with Crippen LogP contribution in [0.15, 0.2) is 0 Å². The lowest BCUT2D eigenvalue weighted by Gasteiger charge is -2.66. The summed E-state index contributed by atoms with van der Waals surface area (Å²) in [5.41, 5.74) is -0.270. The Bertz CT molecular complexity index is 447. The van der Waals surface area contributed by atoms with E-state index in [1.165, 1.54) is 0 Å². The molecular weight excluding hydrogens is 264 g/mol. The molecule has 21 heavy (non-hydrogen) atoms. The molecule has 5 fully saturated rings. The maximum Gasteiger partial charge on any atom is 0.149 e. The monoisotopic (exact) mass is 292 g/mol. The van der Waals surface area contributed by atoms with Gasteiger partial charge in [0.2, 0.25) is 0 Å². The van der Waals surface area contributed by atoms with E-state index in [-0.39, 0.29) is 16.4 Å². The fourth-order valence-corrected chi connectivity index (χ4v) is 5.76. The summed E-state index contributed by atoms with van der Waals surface area (Å²) in [5.74, 6) is 1.18. The van der Waals surface area contributed by atoms with Crippen LogP contribution in [0.2, 0.25) is 0 Å². The lowest BCUT2D eigenvalue weighted by atomic mass is 9.61. The molecule has 5 aliphatic heterocycles. The Morgan fingerprint density at radius 1 is 1.00 bits per heavy atom. The van der Waals surface area contributed by atoms with Crippen molar-refractivity contribution in [2.75, 3.05) is 32.8 Å². The van der Waals surface area contributed by atoms with Crippen LogP contribution in [0.3, 0.4) is 0 Å². The van der Waals surface area contributed by atoms with E-state index in [9.17, 15) is 4.79 Å². The summed E-state index contributed by atoms with van der Waals surface area (Å²) < 4.78 is 5.90. The average molecular weight is 292 g/mol. The van der Waals surface area contributed by atoms with E-state index in [0.29, 0.717) is 17.9 Å². The standard InChI is InChI=1S/C17H28N2O2/c1-15(2)7-12(5-6-21-15)13-18-8-16(3)9-19(13)11-17(4,10-18)14(16)20/h12-13H,5-11H2,1-4H3/t12-,13?,16?,17?/m0/s1. The summed E-state index contributed by atoms with van der Waals surface area (Å²) >= 11 is 0. The number of carbonyl (C=O) groups is 1. The van der Waals surface area contributed by atoms with Gasteiger partial charge >= 0.3 is 0 Å². The van der Waals surface area contributed by atoms with Crippen LogP contribution in [0.4, 0.5) is 0 Å². The number of hydrogen-bond acceptors (Lipinski definition) is 4. The van der Waals surface area contributed by atoms with Crippen LogP contribution < -0.4 is 0 Å². The lowest BCUT2D eigenvalue weighted by molar-refractivity contribution is -0.214. The summed E-state index contributed by atoms with van der Waals surface area (Å²) in [4.78, 5) is 18.0. The SMILES string of the molecule is CC1(C)C[C@@H](C2N3CC4(C)CN2CC(C)(C3)C4=O)CCO1. The normalized spacial score (nSPS) is 55.0. The number of hydrogen-bond donors (Lipinski definition) is 0. The molecule has 0 spiro atoms. The molecule has 0 aliphatic carbocycles. The smallest absolute Gasteiger partial charge is 0.149 e. The zero-order valence-corrected chi connectivity index (χ0v) is 13.8. The molecule has 0 radical (unpaired) electrons. The van der Waals surface area contributed by atoms with E-state index in [1.54, 1.807) is 0 Å². The van der Waals surface area contributed by atoms with Gasteiger partial charge in [0.05, 0.1) is 22.6 Å². The van der Waals surface area contributed by atoms with Crippen molar-refractivity contribution < 1.29 is 9.53 Å². The molecule has 4 nitrogen and oxygen atoms in total. The van der Waals surface area contributed by atoms with Gasteiger partial charge in [0.25, 0.3) is 0 Å². The molecule has 118 valence electrons. The third-order valence-corrected chi connectivity index (χ3v) is 6.21. The highest BCUT2D eigenvalue weighted by atomic mass is 16.5. The van der Waals surface area contributed by atoms with E-state index < -0.39 is 0 Å². The van der Waals surface area contributed by atoms with Gasteiger partial charge in [-0.3, -0.25) is 14.6 Å². The average Bonchev–Trinajstić information content (AvgIpc) is 2.33. The Morgan fingerprint density at radius 2 is 1.52 bits per heavy atom. The van der Waals surface area contributed by atoms with Crippen LogP contribution in [-0.4, -0.2) is 60.1 Å². The zero-order valence-electron chi connectivity index (χ0n) is 13.8. The van der Waals surface area contributed by atoms with Crippen LogP contribution >= 0.6 is 0 Å². The van der Waals surface area contributed by atoms with Crippen molar-refractivity contribution in [1.29, 1.82) is 0 Å². The fraction of sp³-hybridized carbons (Fsp3) is 0.941. The van der Waals surface area contributed by atoms with Crippen molar-refractivity contribution >= 4 is 5.78 Å². The topological polar surface area (TPSA) is 32.8 Å². The predicted molar refractivity (Wildman–Crippen MR) is 80.9 cm³/mol. The first kappa shape index (κ1) is 14.2. The summed E-state index contributed by atoms with van der Waals surface area (Å²) in [6.07, 6.45) is 2.82. The molecule has 0 saturated carbocycles. The number of Topliss-reactive ketones (excluding diaryl/α,β-unsaturated/α-hetero) is 1. The van der Waals surface area contributed by atoms with E-state index >= 15 is 0 Å². The van der Waals surface area contributed by atoms with Crippen molar-refractivity contribution in [2.45, 2.75) is 52.3 Å². The molecule has 5 aliphatic rings. The molecule has 1 atom stereocenters. The molecule has 5 saturated heterocycles. The molecule has 5 rings (SSSR count). The Balaban J connectivity index is 1.62. The molecule has 4 heteroatoms. The largest absolute Gasteiger partial charge is 0.376 e. The number of ketones is 1. The van der Waals surface area contributed by atoms with E-state index in [1.807, 2.05) is 0 Å².